The van der Waals surface area contributed by atoms with Crippen LogP contribution in [0.2, 0.25) is 0 Å². The monoisotopic (exact) mass is 411 g/mol. The van der Waals surface area contributed by atoms with Gasteiger partial charge in [-0.3, -0.25) is 20.4 Å². The fourth-order valence-corrected chi connectivity index (χ4v) is 5.82. The van der Waals surface area contributed by atoms with E-state index >= 15 is 0 Å². The third-order valence-corrected chi connectivity index (χ3v) is 7.33. The van der Waals surface area contributed by atoms with Crippen molar-refractivity contribution in [2.75, 3.05) is 13.1 Å². The molecule has 0 atom stereocenters. The van der Waals surface area contributed by atoms with Gasteiger partial charge in [-0.1, -0.05) is 6.42 Å². The second-order valence-electron chi connectivity index (χ2n) is 6.31. The SMILES string of the molecule is Cc1cc(C(=O)NNC(=O)c2sccc2S(=O)(=O)N2CCCCC2)c(C)o1. The lowest BCUT2D eigenvalue weighted by molar-refractivity contribution is 0.0846. The van der Waals surface area contributed by atoms with Crippen LogP contribution in [0.4, 0.5) is 0 Å². The van der Waals surface area contributed by atoms with Crippen LogP contribution in [-0.4, -0.2) is 37.6 Å². The van der Waals surface area contributed by atoms with Crippen LogP contribution < -0.4 is 10.9 Å². The summed E-state index contributed by atoms with van der Waals surface area (Å²) in [5.74, 6) is -0.192. The van der Waals surface area contributed by atoms with Gasteiger partial charge < -0.3 is 4.42 Å². The quantitative estimate of drug-likeness (QED) is 0.750. The molecule has 0 radical (unpaired) electrons. The molecule has 2 amide bonds. The average molecular weight is 412 g/mol. The Hall–Kier alpha value is -2.17. The Morgan fingerprint density at radius 3 is 2.41 bits per heavy atom. The number of carbonyl (C=O) groups is 2. The number of furan rings is 1. The molecule has 1 aliphatic rings. The van der Waals surface area contributed by atoms with Crippen LogP contribution in [0.3, 0.4) is 0 Å². The minimum atomic E-state index is -3.73. The molecular formula is C17H21N3O5S2. The van der Waals surface area contributed by atoms with Crippen LogP contribution in [0.15, 0.2) is 26.8 Å². The van der Waals surface area contributed by atoms with E-state index in [9.17, 15) is 18.0 Å². The van der Waals surface area contributed by atoms with Gasteiger partial charge in [0.05, 0.1) is 5.56 Å². The molecule has 146 valence electrons. The number of amides is 2. The molecule has 0 saturated carbocycles. The maximum Gasteiger partial charge on any atom is 0.281 e. The number of nitrogens with one attached hydrogen (secondary N) is 2. The van der Waals surface area contributed by atoms with Crippen LogP contribution in [0.25, 0.3) is 0 Å². The van der Waals surface area contributed by atoms with Crippen LogP contribution in [0, 0.1) is 13.8 Å². The highest BCUT2D eigenvalue weighted by molar-refractivity contribution is 7.89. The second kappa shape index (κ2) is 7.83. The number of thiophene rings is 1. The van der Waals surface area contributed by atoms with Crippen molar-refractivity contribution in [1.82, 2.24) is 15.2 Å². The normalized spacial score (nSPS) is 15.5. The van der Waals surface area contributed by atoms with Crippen molar-refractivity contribution in [3.8, 4) is 0 Å². The Morgan fingerprint density at radius 1 is 1.11 bits per heavy atom. The van der Waals surface area contributed by atoms with Crippen molar-refractivity contribution in [3.63, 3.8) is 0 Å². The molecule has 3 heterocycles. The smallest absolute Gasteiger partial charge is 0.281 e. The molecule has 3 rings (SSSR count). The summed E-state index contributed by atoms with van der Waals surface area (Å²) in [4.78, 5) is 24.6. The molecule has 0 aliphatic carbocycles. The largest absolute Gasteiger partial charge is 0.466 e. The van der Waals surface area contributed by atoms with Gasteiger partial charge in [-0.05, 0) is 44.2 Å². The summed E-state index contributed by atoms with van der Waals surface area (Å²) < 4.78 is 32.4. The zero-order valence-electron chi connectivity index (χ0n) is 15.1. The Labute approximate surface area is 161 Å². The number of hydrazine groups is 1. The number of sulfonamides is 1. The van der Waals surface area contributed by atoms with Gasteiger partial charge in [-0.2, -0.15) is 4.31 Å². The molecule has 1 aliphatic heterocycles. The van der Waals surface area contributed by atoms with Crippen LogP contribution >= 0.6 is 11.3 Å². The van der Waals surface area contributed by atoms with Crippen molar-refractivity contribution in [2.45, 2.75) is 38.0 Å². The highest BCUT2D eigenvalue weighted by Gasteiger charge is 2.31. The number of hydrogen-bond donors (Lipinski definition) is 2. The fourth-order valence-electron chi connectivity index (χ4n) is 3.00. The first-order valence-electron chi connectivity index (χ1n) is 8.56. The van der Waals surface area contributed by atoms with E-state index in [2.05, 4.69) is 10.9 Å². The molecule has 0 bridgehead atoms. The Balaban J connectivity index is 1.72. The third-order valence-electron chi connectivity index (χ3n) is 4.34. The maximum atomic E-state index is 12.8. The van der Waals surface area contributed by atoms with Gasteiger partial charge >= 0.3 is 0 Å². The van der Waals surface area contributed by atoms with E-state index in [1.54, 1.807) is 25.3 Å². The van der Waals surface area contributed by atoms with Crippen molar-refractivity contribution in [3.05, 3.63) is 39.5 Å². The molecule has 0 aromatic carbocycles. The zero-order chi connectivity index (χ0) is 19.6. The Kier molecular flexibility index (Phi) is 5.68. The zero-order valence-corrected chi connectivity index (χ0v) is 16.7. The molecule has 2 N–H and O–H groups in total. The summed E-state index contributed by atoms with van der Waals surface area (Å²) in [7, 11) is -3.73. The van der Waals surface area contributed by atoms with Crippen molar-refractivity contribution in [2.24, 2.45) is 0 Å². The highest BCUT2D eigenvalue weighted by atomic mass is 32.2. The summed E-state index contributed by atoms with van der Waals surface area (Å²) in [6.45, 7) is 4.27. The molecule has 1 fully saturated rings. The van der Waals surface area contributed by atoms with E-state index in [1.165, 1.54) is 10.4 Å². The van der Waals surface area contributed by atoms with Crippen LogP contribution in [0.1, 0.15) is 50.8 Å². The number of piperidine rings is 1. The number of hydrogen-bond acceptors (Lipinski definition) is 6. The predicted molar refractivity (Wildman–Crippen MR) is 100 cm³/mol. The number of aryl methyl sites for hydroxylation is 2. The van der Waals surface area contributed by atoms with Gasteiger partial charge in [0.2, 0.25) is 10.0 Å². The average Bonchev–Trinajstić information content (AvgIpc) is 3.27. The van der Waals surface area contributed by atoms with E-state index in [0.29, 0.717) is 30.2 Å². The third kappa shape index (κ3) is 4.07. The number of rotatable bonds is 4. The predicted octanol–water partition coefficient (Wildman–Crippen LogP) is 2.21. The minimum Gasteiger partial charge on any atom is -0.466 e. The molecule has 2 aromatic rings. The lowest BCUT2D eigenvalue weighted by Gasteiger charge is -2.25. The molecule has 10 heteroatoms. The first kappa shape index (κ1) is 19.6. The Morgan fingerprint density at radius 2 is 1.78 bits per heavy atom. The highest BCUT2D eigenvalue weighted by Crippen LogP contribution is 2.27. The molecule has 27 heavy (non-hydrogen) atoms. The van der Waals surface area contributed by atoms with Crippen molar-refractivity contribution >= 4 is 33.2 Å². The fraction of sp³-hybridized carbons (Fsp3) is 0.412. The molecule has 1 saturated heterocycles. The minimum absolute atomic E-state index is 0.0310. The molecule has 0 spiro atoms. The lowest BCUT2D eigenvalue weighted by atomic mass is 10.2. The van der Waals surface area contributed by atoms with E-state index in [1.807, 2.05) is 0 Å². The Bertz CT molecular complexity index is 955. The number of carbonyl (C=O) groups excluding carboxylic acids is 2. The van der Waals surface area contributed by atoms with E-state index in [4.69, 9.17) is 4.42 Å². The lowest BCUT2D eigenvalue weighted by Crippen LogP contribution is -2.42. The van der Waals surface area contributed by atoms with Crippen molar-refractivity contribution < 1.29 is 22.4 Å². The summed E-state index contributed by atoms with van der Waals surface area (Å²) in [5.41, 5.74) is 4.89. The van der Waals surface area contributed by atoms with E-state index in [0.717, 1.165) is 30.6 Å². The van der Waals surface area contributed by atoms with Crippen LogP contribution in [0.5, 0.6) is 0 Å². The van der Waals surface area contributed by atoms with E-state index < -0.39 is 21.8 Å². The first-order valence-corrected chi connectivity index (χ1v) is 10.9. The van der Waals surface area contributed by atoms with Gasteiger partial charge in [-0.25, -0.2) is 8.42 Å². The van der Waals surface area contributed by atoms with Gasteiger partial charge in [0.1, 0.15) is 21.3 Å². The van der Waals surface area contributed by atoms with Crippen LogP contribution in [-0.2, 0) is 10.0 Å². The molecule has 0 unspecified atom stereocenters. The summed E-state index contributed by atoms with van der Waals surface area (Å²) in [6, 6.07) is 2.99. The summed E-state index contributed by atoms with van der Waals surface area (Å²) >= 11 is 1.02. The second-order valence-corrected chi connectivity index (χ2v) is 9.14. The molecule has 2 aromatic heterocycles. The van der Waals surface area contributed by atoms with Gasteiger partial charge in [-0.15, -0.1) is 11.3 Å². The van der Waals surface area contributed by atoms with Gasteiger partial charge in [0, 0.05) is 13.1 Å². The standard InChI is InChI=1S/C17H21N3O5S2/c1-11-10-13(12(2)25-11)16(21)18-19-17(22)15-14(6-9-26-15)27(23,24)20-7-4-3-5-8-20/h6,9-10H,3-5,7-8H2,1-2H3,(H,18,21)(H,19,22). The number of nitrogens with zero attached hydrogens (tertiary/aromatic N) is 1. The van der Waals surface area contributed by atoms with Crippen molar-refractivity contribution in [1.29, 1.82) is 0 Å². The summed E-state index contributed by atoms with van der Waals surface area (Å²) in [5, 5.41) is 1.55. The maximum absolute atomic E-state index is 12.8. The first-order chi connectivity index (χ1) is 12.8. The van der Waals surface area contributed by atoms with Gasteiger partial charge in [0.25, 0.3) is 11.8 Å². The summed E-state index contributed by atoms with van der Waals surface area (Å²) in [6.07, 6.45) is 2.62. The molecule has 8 nitrogen and oxygen atoms in total. The molecular weight excluding hydrogens is 390 g/mol. The topological polar surface area (TPSA) is 109 Å². The van der Waals surface area contributed by atoms with E-state index in [-0.39, 0.29) is 9.77 Å². The van der Waals surface area contributed by atoms with Gasteiger partial charge in [0.15, 0.2) is 0 Å².